The highest BCUT2D eigenvalue weighted by Crippen LogP contribution is 2.31. The van der Waals surface area contributed by atoms with E-state index < -0.39 is 17.6 Å². The highest BCUT2D eigenvalue weighted by atomic mass is 79.9. The second-order valence-corrected chi connectivity index (χ2v) is 6.19. The first-order valence-electron chi connectivity index (χ1n) is 7.25. The van der Waals surface area contributed by atoms with Crippen LogP contribution in [-0.2, 0) is 13.2 Å². The number of para-hydroxylation sites is 1. The average Bonchev–Trinajstić information content (AvgIpc) is 2.84. The minimum absolute atomic E-state index is 0.137. The van der Waals surface area contributed by atoms with Crippen molar-refractivity contribution in [3.05, 3.63) is 64.3 Å². The highest BCUT2D eigenvalue weighted by Gasteiger charge is 2.30. The van der Waals surface area contributed by atoms with Gasteiger partial charge in [0.15, 0.2) is 0 Å². The molecular formula is C17H13BrF3N3O. The molecule has 8 heteroatoms. The third-order valence-electron chi connectivity index (χ3n) is 3.77. The lowest BCUT2D eigenvalue weighted by Gasteiger charge is -2.12. The molecule has 1 heterocycles. The number of aryl methyl sites for hydroxylation is 1. The number of hydrogen-bond acceptors (Lipinski definition) is 2. The Bertz CT molecular complexity index is 911. The number of carbonyl (C=O) groups is 1. The number of amides is 1. The Morgan fingerprint density at radius 3 is 2.52 bits per heavy atom. The van der Waals surface area contributed by atoms with E-state index in [9.17, 15) is 18.0 Å². The summed E-state index contributed by atoms with van der Waals surface area (Å²) < 4.78 is 40.5. The topological polar surface area (TPSA) is 46.1 Å². The maximum atomic E-state index is 12.7. The number of aromatic nitrogens is 1. The Morgan fingerprint density at radius 1 is 1.12 bits per heavy atom. The molecule has 3 aromatic rings. The summed E-state index contributed by atoms with van der Waals surface area (Å²) in [5.41, 5.74) is 5.51. The number of alkyl halides is 3. The maximum Gasteiger partial charge on any atom is 0.416 e. The fraction of sp³-hybridized carbons (Fsp3) is 0.118. The van der Waals surface area contributed by atoms with Crippen LogP contribution in [0.2, 0.25) is 0 Å². The second kappa shape index (κ2) is 6.44. The zero-order valence-electron chi connectivity index (χ0n) is 13.0. The molecule has 0 aliphatic heterocycles. The third-order valence-corrected chi connectivity index (χ3v) is 4.57. The van der Waals surface area contributed by atoms with E-state index in [-0.39, 0.29) is 5.69 Å². The molecule has 130 valence electrons. The smallest absolute Gasteiger partial charge is 0.339 e. The molecule has 25 heavy (non-hydrogen) atoms. The second-order valence-electron chi connectivity index (χ2n) is 5.40. The van der Waals surface area contributed by atoms with Gasteiger partial charge in [-0.25, -0.2) is 0 Å². The van der Waals surface area contributed by atoms with Crippen molar-refractivity contribution in [1.82, 2.24) is 9.99 Å². The number of rotatable bonds is 3. The van der Waals surface area contributed by atoms with Gasteiger partial charge in [-0.15, -0.1) is 0 Å². The number of carbonyl (C=O) groups excluding carboxylic acids is 1. The fourth-order valence-corrected chi connectivity index (χ4v) is 3.34. The largest absolute Gasteiger partial charge is 0.416 e. The van der Waals surface area contributed by atoms with Crippen LogP contribution in [0.15, 0.2) is 53.0 Å². The average molecular weight is 412 g/mol. The summed E-state index contributed by atoms with van der Waals surface area (Å²) in [6, 6.07) is 12.1. The van der Waals surface area contributed by atoms with Crippen LogP contribution >= 0.6 is 15.9 Å². The molecule has 3 rings (SSSR count). The van der Waals surface area contributed by atoms with Gasteiger partial charge >= 0.3 is 6.18 Å². The summed E-state index contributed by atoms with van der Waals surface area (Å²) in [5.74, 6) is -0.469. The van der Waals surface area contributed by atoms with Gasteiger partial charge in [0.25, 0.3) is 5.91 Å². The van der Waals surface area contributed by atoms with Crippen LogP contribution in [0, 0.1) is 0 Å². The number of benzene rings is 2. The molecular weight excluding hydrogens is 399 g/mol. The van der Waals surface area contributed by atoms with Gasteiger partial charge in [0.1, 0.15) is 5.69 Å². The van der Waals surface area contributed by atoms with Gasteiger partial charge in [-0.1, -0.05) is 24.3 Å². The van der Waals surface area contributed by atoms with Crippen molar-refractivity contribution in [2.24, 2.45) is 7.05 Å². The molecule has 4 nitrogen and oxygen atoms in total. The lowest BCUT2D eigenvalue weighted by molar-refractivity contribution is -0.137. The lowest BCUT2D eigenvalue weighted by atomic mass is 10.2. The predicted octanol–water partition coefficient (Wildman–Crippen LogP) is 4.72. The van der Waals surface area contributed by atoms with E-state index >= 15 is 0 Å². The van der Waals surface area contributed by atoms with E-state index in [4.69, 9.17) is 0 Å². The van der Waals surface area contributed by atoms with Crippen molar-refractivity contribution < 1.29 is 18.0 Å². The molecule has 0 bridgehead atoms. The standard InChI is InChI=1S/C17H13BrF3N3O/c1-24-13-8-3-2-7-12(13)14(18)15(24)16(25)23-22-11-6-4-5-10(9-11)17(19,20)21/h2-9,22H,1H3,(H,23,25). The van der Waals surface area contributed by atoms with E-state index in [1.165, 1.54) is 12.1 Å². The number of halogens is 4. The summed E-state index contributed by atoms with van der Waals surface area (Å²) in [5, 5.41) is 0.870. The van der Waals surface area contributed by atoms with Crippen LogP contribution in [0.4, 0.5) is 18.9 Å². The number of nitrogens with zero attached hydrogens (tertiary/aromatic N) is 1. The summed E-state index contributed by atoms with van der Waals surface area (Å²) in [6.07, 6.45) is -4.44. The monoisotopic (exact) mass is 411 g/mol. The van der Waals surface area contributed by atoms with Crippen LogP contribution in [-0.4, -0.2) is 10.5 Å². The summed E-state index contributed by atoms with van der Waals surface area (Å²) >= 11 is 3.41. The molecule has 1 amide bonds. The van der Waals surface area contributed by atoms with Gasteiger partial charge in [0.2, 0.25) is 0 Å². The van der Waals surface area contributed by atoms with Crippen molar-refractivity contribution in [3.63, 3.8) is 0 Å². The molecule has 2 N–H and O–H groups in total. The Kier molecular flexibility index (Phi) is 4.47. The number of anilines is 1. The quantitative estimate of drug-likeness (QED) is 0.612. The molecule has 0 aliphatic carbocycles. The van der Waals surface area contributed by atoms with Crippen molar-refractivity contribution in [1.29, 1.82) is 0 Å². The SMILES string of the molecule is Cn1c(C(=O)NNc2cccc(C(F)(F)F)c2)c(Br)c2ccccc21. The van der Waals surface area contributed by atoms with Crippen molar-refractivity contribution in [2.75, 3.05) is 5.43 Å². The normalized spacial score (nSPS) is 11.6. The molecule has 0 aliphatic rings. The zero-order chi connectivity index (χ0) is 18.2. The highest BCUT2D eigenvalue weighted by molar-refractivity contribution is 9.10. The lowest BCUT2D eigenvalue weighted by Crippen LogP contribution is -2.31. The molecule has 2 aromatic carbocycles. The van der Waals surface area contributed by atoms with E-state index in [1.54, 1.807) is 11.6 Å². The predicted molar refractivity (Wildman–Crippen MR) is 93.2 cm³/mol. The molecule has 0 saturated carbocycles. The van der Waals surface area contributed by atoms with Gasteiger partial charge in [-0.3, -0.25) is 15.6 Å². The fourth-order valence-electron chi connectivity index (χ4n) is 2.56. The molecule has 0 radical (unpaired) electrons. The van der Waals surface area contributed by atoms with Gasteiger partial charge in [0.05, 0.1) is 15.7 Å². The maximum absolute atomic E-state index is 12.7. The first-order chi connectivity index (χ1) is 11.8. The molecule has 0 saturated heterocycles. The van der Waals surface area contributed by atoms with Crippen LogP contribution in [0.5, 0.6) is 0 Å². The first-order valence-corrected chi connectivity index (χ1v) is 8.05. The molecule has 0 unspecified atom stereocenters. The van der Waals surface area contributed by atoms with Crippen LogP contribution in [0.25, 0.3) is 10.9 Å². The van der Waals surface area contributed by atoms with E-state index in [0.29, 0.717) is 10.2 Å². The van der Waals surface area contributed by atoms with Gasteiger partial charge < -0.3 is 4.57 Å². The number of hydrazine groups is 1. The Hall–Kier alpha value is -2.48. The minimum Gasteiger partial charge on any atom is -0.339 e. The first kappa shape index (κ1) is 17.3. The van der Waals surface area contributed by atoms with E-state index in [1.807, 2.05) is 24.3 Å². The minimum atomic E-state index is -4.44. The number of fused-ring (bicyclic) bond motifs is 1. The molecule has 1 aromatic heterocycles. The van der Waals surface area contributed by atoms with Gasteiger partial charge in [-0.2, -0.15) is 13.2 Å². The molecule has 0 atom stereocenters. The third kappa shape index (κ3) is 3.34. The Balaban J connectivity index is 1.82. The number of nitrogens with one attached hydrogen (secondary N) is 2. The summed E-state index contributed by atoms with van der Waals surface area (Å²) in [6.45, 7) is 0. The molecule has 0 fully saturated rings. The molecule has 0 spiro atoms. The van der Waals surface area contributed by atoms with Crippen LogP contribution in [0.1, 0.15) is 16.1 Å². The summed E-state index contributed by atoms with van der Waals surface area (Å²) in [7, 11) is 1.74. The van der Waals surface area contributed by atoms with E-state index in [2.05, 4.69) is 26.8 Å². The van der Waals surface area contributed by atoms with Crippen molar-refractivity contribution in [3.8, 4) is 0 Å². The van der Waals surface area contributed by atoms with Crippen LogP contribution < -0.4 is 10.9 Å². The van der Waals surface area contributed by atoms with Gasteiger partial charge in [-0.05, 0) is 40.2 Å². The van der Waals surface area contributed by atoms with Crippen LogP contribution in [0.3, 0.4) is 0 Å². The van der Waals surface area contributed by atoms with E-state index in [0.717, 1.165) is 23.0 Å². The number of hydrogen-bond donors (Lipinski definition) is 2. The Labute approximate surface area is 149 Å². The summed E-state index contributed by atoms with van der Waals surface area (Å²) in [4.78, 5) is 12.5. The van der Waals surface area contributed by atoms with Crippen molar-refractivity contribution >= 4 is 38.4 Å². The van der Waals surface area contributed by atoms with Gasteiger partial charge in [0, 0.05) is 18.0 Å². The van der Waals surface area contributed by atoms with Crippen molar-refractivity contribution in [2.45, 2.75) is 6.18 Å². The Morgan fingerprint density at radius 2 is 1.84 bits per heavy atom. The zero-order valence-corrected chi connectivity index (χ0v) is 14.6.